The van der Waals surface area contributed by atoms with Gasteiger partial charge in [-0.2, -0.15) is 0 Å². The maximum atomic E-state index is 13.5. The fraction of sp³-hybridized carbons (Fsp3) is 0.400. The molecule has 0 amide bonds. The summed E-state index contributed by atoms with van der Waals surface area (Å²) < 4.78 is 6.77. The minimum absolute atomic E-state index is 0.0884. The van der Waals surface area contributed by atoms with Crippen molar-refractivity contribution in [2.45, 2.75) is 64.1 Å². The minimum Gasteiger partial charge on any atom is -0.508 e. The number of nitrogens with zero attached hydrogens (tertiary/aromatic N) is 2. The quantitative estimate of drug-likeness (QED) is 0.297. The van der Waals surface area contributed by atoms with E-state index in [0.717, 1.165) is 29.0 Å². The normalized spacial score (nSPS) is 19.0. The SMILES string of the molecule is CC[C@@]1(O)C(=O)OCc2c1cc1n(c2=O)Cc2c-1nc1ccc(O)cc1c2CCC[Si](C)(C)O. The van der Waals surface area contributed by atoms with E-state index in [2.05, 4.69) is 0 Å². The van der Waals surface area contributed by atoms with Crippen LogP contribution in [-0.2, 0) is 34.7 Å². The van der Waals surface area contributed by atoms with E-state index >= 15 is 0 Å². The Hall–Kier alpha value is -3.01. The van der Waals surface area contributed by atoms with Crippen molar-refractivity contribution in [1.29, 1.82) is 0 Å². The lowest BCUT2D eigenvalue weighted by Gasteiger charge is -2.31. The summed E-state index contributed by atoms with van der Waals surface area (Å²) in [5.41, 5.74) is 2.20. The first kappa shape index (κ1) is 22.8. The third kappa shape index (κ3) is 3.46. The highest BCUT2D eigenvalue weighted by Crippen LogP contribution is 2.41. The molecule has 1 aromatic carbocycles. The van der Waals surface area contributed by atoms with Gasteiger partial charge in [0.2, 0.25) is 0 Å². The number of phenolic OH excluding ortho intramolecular Hbond substituents is 1. The number of hydrogen-bond acceptors (Lipinski definition) is 7. The fourth-order valence-corrected chi connectivity index (χ4v) is 6.18. The molecule has 34 heavy (non-hydrogen) atoms. The molecule has 1 atom stereocenters. The molecule has 0 spiro atoms. The minimum atomic E-state index is -2.23. The van der Waals surface area contributed by atoms with E-state index < -0.39 is 19.9 Å². The second kappa shape index (κ2) is 7.76. The van der Waals surface area contributed by atoms with Crippen LogP contribution < -0.4 is 5.56 Å². The summed E-state index contributed by atoms with van der Waals surface area (Å²) in [6.07, 6.45) is 1.53. The maximum Gasteiger partial charge on any atom is 0.343 e. The van der Waals surface area contributed by atoms with Crippen LogP contribution in [0.4, 0.5) is 0 Å². The zero-order valence-corrected chi connectivity index (χ0v) is 20.5. The van der Waals surface area contributed by atoms with Crippen molar-refractivity contribution in [3.05, 3.63) is 56.9 Å². The first-order valence-electron chi connectivity index (χ1n) is 11.6. The first-order chi connectivity index (χ1) is 16.0. The Labute approximate surface area is 197 Å². The van der Waals surface area contributed by atoms with Gasteiger partial charge in [-0.3, -0.25) is 4.79 Å². The lowest BCUT2D eigenvalue weighted by Crippen LogP contribution is -2.44. The lowest BCUT2D eigenvalue weighted by atomic mass is 9.86. The number of phenols is 1. The molecule has 3 aromatic rings. The number of cyclic esters (lactones) is 1. The maximum absolute atomic E-state index is 13.5. The van der Waals surface area contributed by atoms with Gasteiger partial charge >= 0.3 is 5.97 Å². The molecule has 0 saturated heterocycles. The summed E-state index contributed by atoms with van der Waals surface area (Å²) in [6.45, 7) is 5.64. The van der Waals surface area contributed by atoms with Crippen LogP contribution >= 0.6 is 0 Å². The van der Waals surface area contributed by atoms with Crippen molar-refractivity contribution in [3.8, 4) is 17.1 Å². The number of aryl methyl sites for hydroxylation is 1. The molecule has 4 heterocycles. The number of fused-ring (bicyclic) bond motifs is 5. The number of aliphatic hydroxyl groups is 1. The van der Waals surface area contributed by atoms with E-state index in [4.69, 9.17) is 9.72 Å². The Balaban J connectivity index is 1.72. The predicted octanol–water partition coefficient (Wildman–Crippen LogP) is 2.92. The molecule has 178 valence electrons. The van der Waals surface area contributed by atoms with Crippen LogP contribution in [0.5, 0.6) is 5.75 Å². The molecular weight excluding hydrogens is 452 g/mol. The third-order valence-corrected chi connectivity index (χ3v) is 8.58. The van der Waals surface area contributed by atoms with Crippen LogP contribution in [0.25, 0.3) is 22.3 Å². The van der Waals surface area contributed by atoms with Crippen molar-refractivity contribution in [2.24, 2.45) is 0 Å². The zero-order valence-electron chi connectivity index (χ0n) is 19.5. The van der Waals surface area contributed by atoms with Crippen LogP contribution in [0.15, 0.2) is 29.1 Å². The van der Waals surface area contributed by atoms with Gasteiger partial charge in [-0.25, -0.2) is 9.78 Å². The predicted molar refractivity (Wildman–Crippen MR) is 129 cm³/mol. The highest BCUT2D eigenvalue weighted by atomic mass is 28.4. The number of carbonyl (C=O) groups is 1. The second-order valence-corrected chi connectivity index (χ2v) is 14.0. The Bertz CT molecular complexity index is 1410. The van der Waals surface area contributed by atoms with Crippen LogP contribution in [0, 0.1) is 0 Å². The van der Waals surface area contributed by atoms with E-state index in [1.165, 1.54) is 0 Å². The van der Waals surface area contributed by atoms with Gasteiger partial charge in [-0.15, -0.1) is 0 Å². The van der Waals surface area contributed by atoms with Crippen molar-refractivity contribution in [2.75, 3.05) is 0 Å². The van der Waals surface area contributed by atoms with Crippen LogP contribution in [0.1, 0.15) is 42.0 Å². The fourth-order valence-electron chi connectivity index (χ4n) is 5.13. The first-order valence-corrected chi connectivity index (χ1v) is 14.7. The molecule has 0 bridgehead atoms. The molecular formula is C25H28N2O6Si. The average molecular weight is 481 g/mol. The van der Waals surface area contributed by atoms with Crippen molar-refractivity contribution < 1.29 is 24.5 Å². The molecule has 3 N–H and O–H groups in total. The molecule has 2 aromatic heterocycles. The van der Waals surface area contributed by atoms with Crippen molar-refractivity contribution in [3.63, 3.8) is 0 Å². The van der Waals surface area contributed by atoms with E-state index in [1.807, 2.05) is 13.1 Å². The van der Waals surface area contributed by atoms with Gasteiger partial charge in [0.05, 0.1) is 29.0 Å². The van der Waals surface area contributed by atoms with Crippen molar-refractivity contribution in [1.82, 2.24) is 9.55 Å². The Morgan fingerprint density at radius 1 is 1.21 bits per heavy atom. The molecule has 2 aliphatic heterocycles. The van der Waals surface area contributed by atoms with Crippen LogP contribution in [-0.4, -0.2) is 38.8 Å². The number of esters is 1. The number of benzene rings is 1. The molecule has 5 rings (SSSR count). The molecule has 2 aliphatic rings. The number of hydrogen-bond donors (Lipinski definition) is 3. The summed E-state index contributed by atoms with van der Waals surface area (Å²) in [5, 5.41) is 22.0. The Morgan fingerprint density at radius 2 is 1.97 bits per heavy atom. The largest absolute Gasteiger partial charge is 0.508 e. The molecule has 0 aliphatic carbocycles. The molecule has 0 radical (unpaired) electrons. The highest BCUT2D eigenvalue weighted by molar-refractivity contribution is 6.69. The molecule has 0 saturated carbocycles. The molecule has 9 heteroatoms. The van der Waals surface area contributed by atoms with Gasteiger partial charge in [0, 0.05) is 16.5 Å². The van der Waals surface area contributed by atoms with E-state index in [0.29, 0.717) is 29.9 Å². The van der Waals surface area contributed by atoms with Crippen LogP contribution in [0.2, 0.25) is 19.1 Å². The molecule has 0 fully saturated rings. The van der Waals surface area contributed by atoms with Gasteiger partial charge in [0.25, 0.3) is 5.56 Å². The standard InChI is InChI=1S/C25H28N2O6Si/c1-4-25(31)19-11-21-22-17(12-27(21)23(29)18(19)13-33-24(25)30)15(6-5-9-34(2,3)32)16-10-14(28)7-8-20(16)26-22/h7-8,10-11,28,31-32H,4-6,9,12-13H2,1-3H3/t25-/m0/s1. The number of aromatic hydroxyl groups is 1. The average Bonchev–Trinajstić information content (AvgIpc) is 3.14. The summed E-state index contributed by atoms with van der Waals surface area (Å²) in [5.74, 6) is -0.609. The Kier molecular flexibility index (Phi) is 5.19. The monoisotopic (exact) mass is 480 g/mol. The van der Waals surface area contributed by atoms with Crippen LogP contribution in [0.3, 0.4) is 0 Å². The van der Waals surface area contributed by atoms with E-state index in [1.54, 1.807) is 35.8 Å². The second-order valence-electron chi connectivity index (χ2n) is 9.89. The number of aromatic nitrogens is 2. The number of carbonyl (C=O) groups excluding carboxylic acids is 1. The van der Waals surface area contributed by atoms with Gasteiger partial charge in [-0.05, 0) is 68.2 Å². The van der Waals surface area contributed by atoms with Crippen molar-refractivity contribution >= 4 is 25.2 Å². The summed E-state index contributed by atoms with van der Waals surface area (Å²) in [6, 6.07) is 7.46. The third-order valence-electron chi connectivity index (χ3n) is 7.00. The van der Waals surface area contributed by atoms with Gasteiger partial charge in [0.15, 0.2) is 13.9 Å². The van der Waals surface area contributed by atoms with Gasteiger partial charge in [0.1, 0.15) is 12.4 Å². The summed E-state index contributed by atoms with van der Waals surface area (Å²) in [7, 11) is -2.23. The summed E-state index contributed by atoms with van der Waals surface area (Å²) >= 11 is 0. The van der Waals surface area contributed by atoms with Gasteiger partial charge < -0.3 is 24.3 Å². The number of rotatable bonds is 5. The van der Waals surface area contributed by atoms with E-state index in [9.17, 15) is 24.6 Å². The number of ether oxygens (including phenoxy) is 1. The zero-order chi connectivity index (χ0) is 24.4. The Morgan fingerprint density at radius 3 is 2.68 bits per heavy atom. The number of pyridine rings is 2. The van der Waals surface area contributed by atoms with E-state index in [-0.39, 0.29) is 35.5 Å². The van der Waals surface area contributed by atoms with Gasteiger partial charge in [-0.1, -0.05) is 6.92 Å². The highest BCUT2D eigenvalue weighted by Gasteiger charge is 2.45. The lowest BCUT2D eigenvalue weighted by molar-refractivity contribution is -0.172. The molecule has 8 nitrogen and oxygen atoms in total. The summed E-state index contributed by atoms with van der Waals surface area (Å²) in [4.78, 5) is 41.0. The topological polar surface area (TPSA) is 122 Å². The molecule has 0 unspecified atom stereocenters. The smallest absolute Gasteiger partial charge is 0.343 e.